The highest BCUT2D eigenvalue weighted by Crippen LogP contribution is 2.19. The van der Waals surface area contributed by atoms with Crippen LogP contribution in [0.3, 0.4) is 0 Å². The number of hydrogen-bond acceptors (Lipinski definition) is 4. The Morgan fingerprint density at radius 1 is 1.26 bits per heavy atom. The molecule has 0 unspecified atom stereocenters. The summed E-state index contributed by atoms with van der Waals surface area (Å²) in [5, 5.41) is 3.16. The smallest absolute Gasteiger partial charge is 0.219 e. The number of aromatic nitrogens is 2. The van der Waals surface area contributed by atoms with Crippen LogP contribution in [-0.2, 0) is 6.61 Å². The van der Waals surface area contributed by atoms with Gasteiger partial charge in [0.15, 0.2) is 0 Å². The van der Waals surface area contributed by atoms with Crippen molar-refractivity contribution in [2.75, 3.05) is 11.9 Å². The predicted octanol–water partition coefficient (Wildman–Crippen LogP) is 3.56. The lowest BCUT2D eigenvalue weighted by Gasteiger charge is -2.09. The van der Waals surface area contributed by atoms with Crippen molar-refractivity contribution in [2.45, 2.75) is 20.5 Å². The highest BCUT2D eigenvalue weighted by Gasteiger charge is 2.04. The fraction of sp³-hybridized carbons (Fsp3) is 0.286. The first-order valence-corrected chi connectivity index (χ1v) is 6.94. The largest absolute Gasteiger partial charge is 0.473 e. The number of nitrogens with zero attached hydrogens (tertiary/aromatic N) is 2. The third-order valence-corrected chi connectivity index (χ3v) is 3.28. The van der Waals surface area contributed by atoms with E-state index in [1.54, 1.807) is 0 Å². The van der Waals surface area contributed by atoms with Crippen molar-refractivity contribution in [1.82, 2.24) is 9.97 Å². The zero-order valence-corrected chi connectivity index (χ0v) is 12.6. The second-order valence-electron chi connectivity index (χ2n) is 4.05. The summed E-state index contributed by atoms with van der Waals surface area (Å²) in [6, 6.07) is 9.79. The quantitative estimate of drug-likeness (QED) is 0.914. The van der Waals surface area contributed by atoms with Crippen molar-refractivity contribution in [1.29, 1.82) is 0 Å². The maximum absolute atomic E-state index is 5.72. The van der Waals surface area contributed by atoms with Crippen molar-refractivity contribution in [2.24, 2.45) is 0 Å². The molecule has 0 aliphatic heterocycles. The van der Waals surface area contributed by atoms with Gasteiger partial charge in [0, 0.05) is 22.6 Å². The molecule has 1 aromatic heterocycles. The van der Waals surface area contributed by atoms with Gasteiger partial charge in [-0.05, 0) is 19.9 Å². The van der Waals surface area contributed by atoms with E-state index in [2.05, 4.69) is 31.2 Å². The molecule has 4 nitrogen and oxygen atoms in total. The summed E-state index contributed by atoms with van der Waals surface area (Å²) in [5.74, 6) is 2.07. The number of anilines is 1. The third kappa shape index (κ3) is 3.92. The third-order valence-electron chi connectivity index (χ3n) is 2.51. The first-order chi connectivity index (χ1) is 9.19. The summed E-state index contributed by atoms with van der Waals surface area (Å²) in [4.78, 5) is 8.56. The van der Waals surface area contributed by atoms with E-state index in [-0.39, 0.29) is 0 Å². The van der Waals surface area contributed by atoms with Crippen molar-refractivity contribution in [3.63, 3.8) is 0 Å². The standard InChI is InChI=1S/C14H16BrN3O/c1-3-16-13-8-14(18-10(2)17-13)19-9-11-6-4-5-7-12(11)15/h4-8H,3,9H2,1-2H3,(H,16,17,18). The minimum Gasteiger partial charge on any atom is -0.473 e. The molecule has 0 amide bonds. The Bertz CT molecular complexity index is 560. The zero-order chi connectivity index (χ0) is 13.7. The molecule has 2 rings (SSSR count). The Hall–Kier alpha value is -1.62. The number of hydrogen-bond donors (Lipinski definition) is 1. The molecule has 0 atom stereocenters. The zero-order valence-electron chi connectivity index (χ0n) is 11.0. The second-order valence-corrected chi connectivity index (χ2v) is 4.90. The molecule has 0 aliphatic rings. The normalized spacial score (nSPS) is 10.3. The Morgan fingerprint density at radius 3 is 2.79 bits per heavy atom. The van der Waals surface area contributed by atoms with E-state index in [4.69, 9.17) is 4.74 Å². The molecule has 0 fully saturated rings. The molecule has 0 radical (unpaired) electrons. The Morgan fingerprint density at radius 2 is 2.05 bits per heavy atom. The molecule has 19 heavy (non-hydrogen) atoms. The van der Waals surface area contributed by atoms with Crippen LogP contribution in [0.4, 0.5) is 5.82 Å². The van der Waals surface area contributed by atoms with Crippen molar-refractivity contribution < 1.29 is 4.74 Å². The van der Waals surface area contributed by atoms with Crippen LogP contribution >= 0.6 is 15.9 Å². The molecule has 0 bridgehead atoms. The van der Waals surface area contributed by atoms with E-state index in [9.17, 15) is 0 Å². The summed E-state index contributed by atoms with van der Waals surface area (Å²) in [7, 11) is 0. The highest BCUT2D eigenvalue weighted by atomic mass is 79.9. The second kappa shape index (κ2) is 6.52. The van der Waals surface area contributed by atoms with Gasteiger partial charge in [-0.15, -0.1) is 0 Å². The fourth-order valence-corrected chi connectivity index (χ4v) is 2.05. The van der Waals surface area contributed by atoms with E-state index in [0.29, 0.717) is 18.3 Å². The number of nitrogens with one attached hydrogen (secondary N) is 1. The lowest BCUT2D eigenvalue weighted by Crippen LogP contribution is -2.04. The van der Waals surface area contributed by atoms with E-state index < -0.39 is 0 Å². The van der Waals surface area contributed by atoms with Gasteiger partial charge < -0.3 is 10.1 Å². The molecule has 1 aromatic carbocycles. The van der Waals surface area contributed by atoms with Gasteiger partial charge in [-0.2, -0.15) is 4.98 Å². The summed E-state index contributed by atoms with van der Waals surface area (Å²) >= 11 is 3.50. The molecule has 1 heterocycles. The number of ether oxygens (including phenoxy) is 1. The number of rotatable bonds is 5. The average molecular weight is 322 g/mol. The van der Waals surface area contributed by atoms with E-state index in [1.165, 1.54) is 0 Å². The van der Waals surface area contributed by atoms with Gasteiger partial charge >= 0.3 is 0 Å². The van der Waals surface area contributed by atoms with Crippen LogP contribution in [0.25, 0.3) is 0 Å². The fourth-order valence-electron chi connectivity index (χ4n) is 1.65. The van der Waals surface area contributed by atoms with Gasteiger partial charge in [-0.3, -0.25) is 0 Å². The molecule has 0 saturated heterocycles. The number of benzene rings is 1. The molecule has 0 saturated carbocycles. The van der Waals surface area contributed by atoms with E-state index >= 15 is 0 Å². The molecular formula is C14H16BrN3O. The minimum atomic E-state index is 0.476. The van der Waals surface area contributed by atoms with Crippen LogP contribution in [0, 0.1) is 6.92 Å². The Kier molecular flexibility index (Phi) is 4.74. The highest BCUT2D eigenvalue weighted by molar-refractivity contribution is 9.10. The molecule has 2 aromatic rings. The molecule has 5 heteroatoms. The van der Waals surface area contributed by atoms with Gasteiger partial charge in [0.1, 0.15) is 18.2 Å². The van der Waals surface area contributed by atoms with Gasteiger partial charge in [0.25, 0.3) is 0 Å². The van der Waals surface area contributed by atoms with Crippen LogP contribution < -0.4 is 10.1 Å². The van der Waals surface area contributed by atoms with Gasteiger partial charge in [0.05, 0.1) is 0 Å². The molecule has 0 aliphatic carbocycles. The van der Waals surface area contributed by atoms with Crippen molar-refractivity contribution >= 4 is 21.7 Å². The molecule has 1 N–H and O–H groups in total. The first kappa shape index (κ1) is 13.8. The predicted molar refractivity (Wildman–Crippen MR) is 79.4 cm³/mol. The summed E-state index contributed by atoms with van der Waals surface area (Å²) in [6.45, 7) is 5.18. The average Bonchev–Trinajstić information content (AvgIpc) is 2.37. The van der Waals surface area contributed by atoms with E-state index in [0.717, 1.165) is 22.4 Å². The van der Waals surface area contributed by atoms with Crippen molar-refractivity contribution in [3.8, 4) is 5.88 Å². The number of halogens is 1. The lowest BCUT2D eigenvalue weighted by molar-refractivity contribution is 0.292. The Labute approximate surface area is 121 Å². The summed E-state index contributed by atoms with van der Waals surface area (Å²) in [6.07, 6.45) is 0. The van der Waals surface area contributed by atoms with Crippen LogP contribution in [0.15, 0.2) is 34.8 Å². The van der Waals surface area contributed by atoms with Gasteiger partial charge in [0.2, 0.25) is 5.88 Å². The monoisotopic (exact) mass is 321 g/mol. The minimum absolute atomic E-state index is 0.476. The van der Waals surface area contributed by atoms with Gasteiger partial charge in [-0.25, -0.2) is 4.98 Å². The van der Waals surface area contributed by atoms with Crippen LogP contribution in [0.5, 0.6) is 5.88 Å². The maximum atomic E-state index is 5.72. The number of aryl methyl sites for hydroxylation is 1. The molecular weight excluding hydrogens is 306 g/mol. The van der Waals surface area contributed by atoms with Crippen molar-refractivity contribution in [3.05, 3.63) is 46.2 Å². The SMILES string of the molecule is CCNc1cc(OCc2ccccc2Br)nc(C)n1. The Balaban J connectivity index is 2.09. The topological polar surface area (TPSA) is 47.0 Å². The van der Waals surface area contributed by atoms with Crippen LogP contribution in [0.2, 0.25) is 0 Å². The lowest BCUT2D eigenvalue weighted by atomic mass is 10.2. The summed E-state index contributed by atoms with van der Waals surface area (Å²) in [5.41, 5.74) is 1.09. The van der Waals surface area contributed by atoms with Crippen LogP contribution in [-0.4, -0.2) is 16.5 Å². The summed E-state index contributed by atoms with van der Waals surface area (Å²) < 4.78 is 6.75. The van der Waals surface area contributed by atoms with Gasteiger partial charge in [-0.1, -0.05) is 34.1 Å². The van der Waals surface area contributed by atoms with E-state index in [1.807, 2.05) is 44.2 Å². The maximum Gasteiger partial charge on any atom is 0.219 e. The first-order valence-electron chi connectivity index (χ1n) is 6.15. The van der Waals surface area contributed by atoms with Crippen LogP contribution in [0.1, 0.15) is 18.3 Å². The molecule has 100 valence electrons. The molecule has 0 spiro atoms.